The van der Waals surface area contributed by atoms with Crippen molar-refractivity contribution in [2.24, 2.45) is 5.73 Å². The minimum absolute atomic E-state index is 0.0736. The van der Waals surface area contributed by atoms with Crippen molar-refractivity contribution in [1.82, 2.24) is 10.3 Å². The van der Waals surface area contributed by atoms with Crippen LogP contribution in [0.5, 0.6) is 0 Å². The Balaban J connectivity index is 2.11. The molecule has 1 atom stereocenters. The van der Waals surface area contributed by atoms with Gasteiger partial charge in [-0.3, -0.25) is 4.79 Å². The smallest absolute Gasteiger partial charge is 0.221 e. The van der Waals surface area contributed by atoms with Gasteiger partial charge in [0.15, 0.2) is 0 Å². The molecule has 0 fully saturated rings. The number of para-hydroxylation sites is 1. The molecule has 0 bridgehead atoms. The largest absolute Gasteiger partial charge is 0.392 e. The number of amides is 1. The molecule has 0 aliphatic rings. The molecule has 0 saturated heterocycles. The first-order valence-electron chi connectivity index (χ1n) is 8.52. The van der Waals surface area contributed by atoms with Crippen molar-refractivity contribution in [3.05, 3.63) is 65.2 Å². The monoisotopic (exact) mass is 383 g/mol. The van der Waals surface area contributed by atoms with Gasteiger partial charge >= 0.3 is 0 Å². The molecule has 0 radical (unpaired) electrons. The fourth-order valence-corrected chi connectivity index (χ4v) is 4.52. The summed E-state index contributed by atoms with van der Waals surface area (Å²) in [6, 6.07) is 17.9. The second-order valence-electron chi connectivity index (χ2n) is 6.23. The van der Waals surface area contributed by atoms with E-state index in [4.69, 9.17) is 22.9 Å². The number of nitrogens with two attached hydrogens (primary N) is 1. The summed E-state index contributed by atoms with van der Waals surface area (Å²) < 4.78 is 1.06. The molecule has 0 aliphatic heterocycles. The number of aromatic nitrogens is 1. The Morgan fingerprint density at radius 1 is 1.19 bits per heavy atom. The highest BCUT2D eigenvalue weighted by Gasteiger charge is 2.41. The molecule has 2 aromatic carbocycles. The number of carbonyl (C=O) groups excluding carboxylic acids is 1. The summed E-state index contributed by atoms with van der Waals surface area (Å²) in [5.74, 6) is -0.0736. The third kappa shape index (κ3) is 3.76. The fourth-order valence-electron chi connectivity index (χ4n) is 3.05. The van der Waals surface area contributed by atoms with Gasteiger partial charge in [0.1, 0.15) is 5.01 Å². The summed E-state index contributed by atoms with van der Waals surface area (Å²) in [7, 11) is 0. The Labute approximate surface area is 162 Å². The number of benzene rings is 2. The van der Waals surface area contributed by atoms with Crippen LogP contribution in [-0.2, 0) is 16.6 Å². The van der Waals surface area contributed by atoms with E-state index in [-0.39, 0.29) is 12.3 Å². The fraction of sp³-hybridized carbons (Fsp3) is 0.250. The van der Waals surface area contributed by atoms with Crippen molar-refractivity contribution in [3.8, 4) is 0 Å². The Morgan fingerprint density at radius 3 is 2.54 bits per heavy atom. The number of hydrogen-bond donors (Lipinski definition) is 2. The van der Waals surface area contributed by atoms with Crippen LogP contribution in [0.2, 0.25) is 0 Å². The van der Waals surface area contributed by atoms with Crippen molar-refractivity contribution >= 4 is 44.7 Å². The Morgan fingerprint density at radius 2 is 1.88 bits per heavy atom. The van der Waals surface area contributed by atoms with E-state index in [1.807, 2.05) is 61.5 Å². The van der Waals surface area contributed by atoms with Gasteiger partial charge in [-0.1, -0.05) is 54.7 Å². The lowest BCUT2D eigenvalue weighted by atomic mass is 9.78. The number of rotatable bonds is 7. The summed E-state index contributed by atoms with van der Waals surface area (Å²) >= 11 is 7.04. The zero-order valence-electron chi connectivity index (χ0n) is 14.6. The maximum Gasteiger partial charge on any atom is 0.221 e. The van der Waals surface area contributed by atoms with Crippen LogP contribution in [-0.4, -0.2) is 22.4 Å². The maximum atomic E-state index is 12.5. The Bertz CT molecular complexity index is 890. The molecule has 3 aromatic rings. The summed E-state index contributed by atoms with van der Waals surface area (Å²) in [6.07, 6.45) is 0.727. The second-order valence-corrected chi connectivity index (χ2v) is 7.70. The van der Waals surface area contributed by atoms with Gasteiger partial charge in [0, 0.05) is 13.0 Å². The van der Waals surface area contributed by atoms with E-state index in [0.717, 1.165) is 20.8 Å². The van der Waals surface area contributed by atoms with Crippen LogP contribution in [0, 0.1) is 0 Å². The number of fused-ring (bicyclic) bond motifs is 1. The second kappa shape index (κ2) is 7.93. The first-order chi connectivity index (χ1) is 12.5. The lowest BCUT2D eigenvalue weighted by Crippen LogP contribution is -2.45. The standard InChI is InChI=1S/C20H21N3OS2/c1-2-22-17(24)13-20(18(21)25,12-14-8-4-3-5-9-14)19-23-15-10-6-7-11-16(15)26-19/h3-11H,2,12-13H2,1H3,(H2,21,25)(H,22,24). The minimum Gasteiger partial charge on any atom is -0.392 e. The normalized spacial score (nSPS) is 13.3. The topological polar surface area (TPSA) is 68.0 Å². The van der Waals surface area contributed by atoms with Gasteiger partial charge in [-0.15, -0.1) is 11.3 Å². The number of hydrogen-bond acceptors (Lipinski definition) is 4. The van der Waals surface area contributed by atoms with Crippen molar-refractivity contribution in [3.63, 3.8) is 0 Å². The van der Waals surface area contributed by atoms with Gasteiger partial charge in [0.05, 0.1) is 20.6 Å². The molecular formula is C20H21N3OS2. The quantitative estimate of drug-likeness (QED) is 0.612. The van der Waals surface area contributed by atoms with Crippen LogP contribution in [0.3, 0.4) is 0 Å². The molecule has 26 heavy (non-hydrogen) atoms. The molecule has 3 rings (SSSR count). The van der Waals surface area contributed by atoms with E-state index in [0.29, 0.717) is 18.0 Å². The van der Waals surface area contributed by atoms with E-state index in [9.17, 15) is 4.79 Å². The van der Waals surface area contributed by atoms with Gasteiger partial charge in [0.2, 0.25) is 5.91 Å². The van der Waals surface area contributed by atoms with Crippen molar-refractivity contribution in [2.45, 2.75) is 25.2 Å². The van der Waals surface area contributed by atoms with Gasteiger partial charge in [-0.25, -0.2) is 4.98 Å². The number of nitrogens with zero attached hydrogens (tertiary/aromatic N) is 1. The summed E-state index contributed by atoms with van der Waals surface area (Å²) in [4.78, 5) is 17.6. The lowest BCUT2D eigenvalue weighted by molar-refractivity contribution is -0.121. The predicted octanol–water partition coefficient (Wildman–Crippen LogP) is 3.59. The molecule has 1 unspecified atom stereocenters. The van der Waals surface area contributed by atoms with Crippen molar-refractivity contribution in [1.29, 1.82) is 0 Å². The first kappa shape index (κ1) is 18.5. The molecule has 1 aromatic heterocycles. The average molecular weight is 384 g/mol. The maximum absolute atomic E-state index is 12.5. The molecule has 3 N–H and O–H groups in total. The molecule has 134 valence electrons. The van der Waals surface area contributed by atoms with E-state index < -0.39 is 5.41 Å². The Hall–Kier alpha value is -2.31. The predicted molar refractivity (Wildman–Crippen MR) is 112 cm³/mol. The number of nitrogens with one attached hydrogen (secondary N) is 1. The summed E-state index contributed by atoms with van der Waals surface area (Å²) in [6.45, 7) is 2.46. The molecule has 1 amide bonds. The third-order valence-electron chi connectivity index (χ3n) is 4.36. The van der Waals surface area contributed by atoms with Crippen molar-refractivity contribution in [2.75, 3.05) is 6.54 Å². The van der Waals surface area contributed by atoms with Crippen LogP contribution < -0.4 is 11.1 Å². The highest BCUT2D eigenvalue weighted by Crippen LogP contribution is 2.37. The highest BCUT2D eigenvalue weighted by molar-refractivity contribution is 7.80. The zero-order valence-corrected chi connectivity index (χ0v) is 16.2. The third-order valence-corrected chi connectivity index (χ3v) is 5.99. The van der Waals surface area contributed by atoms with Crippen LogP contribution >= 0.6 is 23.6 Å². The molecular weight excluding hydrogens is 362 g/mol. The van der Waals surface area contributed by atoms with Crippen LogP contribution in [0.4, 0.5) is 0 Å². The molecule has 0 spiro atoms. The Kier molecular flexibility index (Phi) is 5.64. The molecule has 6 heteroatoms. The van der Waals surface area contributed by atoms with Crippen LogP contribution in [0.15, 0.2) is 54.6 Å². The van der Waals surface area contributed by atoms with Gasteiger partial charge in [-0.2, -0.15) is 0 Å². The highest BCUT2D eigenvalue weighted by atomic mass is 32.1. The van der Waals surface area contributed by atoms with Gasteiger partial charge < -0.3 is 11.1 Å². The number of carbonyl (C=O) groups is 1. The lowest BCUT2D eigenvalue weighted by Gasteiger charge is -2.30. The molecule has 0 aliphatic carbocycles. The molecule has 4 nitrogen and oxygen atoms in total. The van der Waals surface area contributed by atoms with Crippen LogP contribution in [0.25, 0.3) is 10.2 Å². The average Bonchev–Trinajstić information content (AvgIpc) is 3.06. The van der Waals surface area contributed by atoms with E-state index >= 15 is 0 Å². The summed E-state index contributed by atoms with van der Waals surface area (Å²) in [5.41, 5.74) is 7.40. The number of thiocarbonyl (C=S) groups is 1. The van der Waals surface area contributed by atoms with Crippen molar-refractivity contribution < 1.29 is 4.79 Å². The van der Waals surface area contributed by atoms with Crippen LogP contribution in [0.1, 0.15) is 23.9 Å². The van der Waals surface area contributed by atoms with Gasteiger partial charge in [0.25, 0.3) is 0 Å². The first-order valence-corrected chi connectivity index (χ1v) is 9.74. The number of thiazole rings is 1. The van der Waals surface area contributed by atoms with E-state index in [1.165, 1.54) is 0 Å². The molecule has 1 heterocycles. The molecule has 0 saturated carbocycles. The summed E-state index contributed by atoms with van der Waals surface area (Å²) in [5, 5.41) is 3.66. The van der Waals surface area contributed by atoms with E-state index in [2.05, 4.69) is 5.32 Å². The SMILES string of the molecule is CCNC(=O)CC(Cc1ccccc1)(C(N)=S)c1nc2ccccc2s1. The minimum atomic E-state index is -0.806. The van der Waals surface area contributed by atoms with Gasteiger partial charge in [-0.05, 0) is 31.0 Å². The zero-order chi connectivity index (χ0) is 18.6. The van der Waals surface area contributed by atoms with E-state index in [1.54, 1.807) is 11.3 Å².